The second kappa shape index (κ2) is 5.04. The maximum Gasteiger partial charge on any atom is 0.323 e. The maximum absolute atomic E-state index is 13.0. The number of nitrogen functional groups attached to an aromatic ring is 1. The highest BCUT2D eigenvalue weighted by Crippen LogP contribution is 2.35. The molecule has 0 aliphatic carbocycles. The molecule has 0 spiro atoms. The first-order valence-electron chi connectivity index (χ1n) is 3.76. The normalized spacial score (nSPS) is 9.94. The monoisotopic (exact) mass is 267 g/mol. The predicted octanol–water partition coefficient (Wildman–Crippen LogP) is 1.78. The van der Waals surface area contributed by atoms with Crippen LogP contribution in [0.25, 0.3) is 0 Å². The fourth-order valence-electron chi connectivity index (χ4n) is 0.762. The van der Waals surface area contributed by atoms with Gasteiger partial charge in [0.15, 0.2) is 6.61 Å². The number of halogens is 3. The molecule has 1 aromatic heterocycles. The van der Waals surface area contributed by atoms with Crippen molar-refractivity contribution in [2.24, 2.45) is 5.18 Å². The number of carbonyl (C=O) groups excluding carboxylic acids is 1. The quantitative estimate of drug-likeness (QED) is 0.665. The summed E-state index contributed by atoms with van der Waals surface area (Å²) in [4.78, 5) is 23.5. The molecule has 0 atom stereocenters. The molecule has 1 heterocycles. The zero-order valence-electron chi connectivity index (χ0n) is 7.54. The molecule has 0 saturated carbocycles. The number of anilines is 1. The Labute approximate surface area is 98.5 Å². The summed E-state index contributed by atoms with van der Waals surface area (Å²) in [6, 6.07) is 0. The van der Waals surface area contributed by atoms with Crippen LogP contribution in [0.15, 0.2) is 5.18 Å². The average Bonchev–Trinajstić information content (AvgIpc) is 2.28. The molecule has 0 saturated heterocycles. The largest absolute Gasteiger partial charge is 0.466 e. The number of nitroso groups, excluding NO2 is 1. The molecule has 1 amide bonds. The Kier molecular flexibility index (Phi) is 3.97. The number of amides is 1. The van der Waals surface area contributed by atoms with Crippen LogP contribution in [0.5, 0.6) is 5.88 Å². The smallest absolute Gasteiger partial charge is 0.323 e. The first kappa shape index (κ1) is 12.6. The van der Waals surface area contributed by atoms with Crippen molar-refractivity contribution in [3.05, 3.63) is 20.9 Å². The second-order valence-electron chi connectivity index (χ2n) is 2.52. The van der Waals surface area contributed by atoms with Crippen LogP contribution in [0.3, 0.4) is 0 Å². The van der Waals surface area contributed by atoms with Crippen molar-refractivity contribution in [1.82, 2.24) is 4.98 Å². The number of rotatable bonds is 3. The third-order valence-electron chi connectivity index (χ3n) is 1.48. The summed E-state index contributed by atoms with van der Waals surface area (Å²) >= 11 is 11.0. The summed E-state index contributed by atoms with van der Waals surface area (Å²) in [5.41, 5.74) is 5.06. The van der Waals surface area contributed by atoms with Crippen LogP contribution < -0.4 is 10.5 Å². The minimum Gasteiger partial charge on any atom is -0.466 e. The van der Waals surface area contributed by atoms with Crippen molar-refractivity contribution in [2.75, 3.05) is 12.3 Å². The van der Waals surface area contributed by atoms with Crippen molar-refractivity contribution in [3.63, 3.8) is 0 Å². The summed E-state index contributed by atoms with van der Waals surface area (Å²) in [5, 5.41) is 1.37. The van der Waals surface area contributed by atoms with Crippen molar-refractivity contribution < 1.29 is 13.9 Å². The van der Waals surface area contributed by atoms with E-state index in [9.17, 15) is 14.1 Å². The molecule has 1 rings (SSSR count). The van der Waals surface area contributed by atoms with Gasteiger partial charge >= 0.3 is 5.91 Å². The van der Waals surface area contributed by atoms with Crippen LogP contribution >= 0.6 is 23.2 Å². The molecule has 86 valence electrons. The lowest BCUT2D eigenvalue weighted by Gasteiger charge is -2.07. The van der Waals surface area contributed by atoms with Gasteiger partial charge in [0.25, 0.3) is 0 Å². The molecule has 9 heteroatoms. The number of hydrogen-bond donors (Lipinski definition) is 1. The van der Waals surface area contributed by atoms with Gasteiger partial charge in [-0.15, -0.1) is 4.91 Å². The van der Waals surface area contributed by atoms with E-state index in [1.54, 1.807) is 0 Å². The molecule has 6 nitrogen and oxygen atoms in total. The summed E-state index contributed by atoms with van der Waals surface area (Å²) in [6.45, 7) is -0.712. The van der Waals surface area contributed by atoms with E-state index in [1.165, 1.54) is 0 Å². The molecule has 0 fully saturated rings. The lowest BCUT2D eigenvalue weighted by Crippen LogP contribution is -2.10. The fraction of sp³-hybridized carbons (Fsp3) is 0.143. The van der Waals surface area contributed by atoms with E-state index in [4.69, 9.17) is 28.9 Å². The highest BCUT2D eigenvalue weighted by Gasteiger charge is 2.17. The summed E-state index contributed by atoms with van der Waals surface area (Å²) < 4.78 is 17.6. The van der Waals surface area contributed by atoms with Crippen LogP contribution in [-0.2, 0) is 4.79 Å². The van der Waals surface area contributed by atoms with Gasteiger partial charge in [0.1, 0.15) is 10.0 Å². The molecule has 16 heavy (non-hydrogen) atoms. The Morgan fingerprint density at radius 1 is 1.50 bits per heavy atom. The fourth-order valence-corrected chi connectivity index (χ4v) is 1.14. The minimum absolute atomic E-state index is 0.245. The number of nitrogens with two attached hydrogens (primary N) is 1. The molecule has 0 aliphatic heterocycles. The van der Waals surface area contributed by atoms with Gasteiger partial charge in [-0.2, -0.15) is 9.37 Å². The van der Waals surface area contributed by atoms with Gasteiger partial charge in [-0.25, -0.2) is 0 Å². The van der Waals surface area contributed by atoms with Crippen LogP contribution in [-0.4, -0.2) is 17.5 Å². The summed E-state index contributed by atoms with van der Waals surface area (Å²) in [5.74, 6) is -2.62. The molecule has 0 bridgehead atoms. The molecule has 0 unspecified atom stereocenters. The van der Waals surface area contributed by atoms with Gasteiger partial charge in [0, 0.05) is 5.18 Å². The lowest BCUT2D eigenvalue weighted by molar-refractivity contribution is -0.119. The Morgan fingerprint density at radius 2 is 2.12 bits per heavy atom. The SMILES string of the molecule is Nc1c(Cl)c(F)nc(OCC(=O)N=O)c1Cl. The summed E-state index contributed by atoms with van der Waals surface area (Å²) in [6.07, 6.45) is 0. The number of aromatic nitrogens is 1. The zero-order valence-corrected chi connectivity index (χ0v) is 9.05. The van der Waals surface area contributed by atoms with Crippen molar-refractivity contribution >= 4 is 34.8 Å². The van der Waals surface area contributed by atoms with Crippen LogP contribution in [0.1, 0.15) is 0 Å². The first-order chi connectivity index (χ1) is 7.47. The van der Waals surface area contributed by atoms with E-state index in [0.29, 0.717) is 0 Å². The zero-order chi connectivity index (χ0) is 12.3. The van der Waals surface area contributed by atoms with Crippen LogP contribution in [0.4, 0.5) is 10.1 Å². The average molecular weight is 268 g/mol. The number of ether oxygens (including phenoxy) is 1. The Hall–Kier alpha value is -1.47. The van der Waals surface area contributed by atoms with Gasteiger partial charge in [-0.3, -0.25) is 4.79 Å². The van der Waals surface area contributed by atoms with Gasteiger partial charge in [0.2, 0.25) is 11.8 Å². The van der Waals surface area contributed by atoms with Crippen LogP contribution in [0.2, 0.25) is 10.0 Å². The standard InChI is InChI=1S/C7H4Cl2FN3O3/c8-3-5(11)4(9)7(12-6(3)10)16-1-2(14)13-15/h1H2,(H2,11,12). The third-order valence-corrected chi connectivity index (χ3v) is 2.20. The molecule has 2 N–H and O–H groups in total. The van der Waals surface area contributed by atoms with Gasteiger partial charge in [0.05, 0.1) is 5.69 Å². The van der Waals surface area contributed by atoms with Gasteiger partial charge in [-0.05, 0) is 0 Å². The molecule has 0 aromatic carbocycles. The Balaban J connectivity index is 2.97. The molecular weight excluding hydrogens is 264 g/mol. The van der Waals surface area contributed by atoms with Crippen molar-refractivity contribution in [1.29, 1.82) is 0 Å². The van der Waals surface area contributed by atoms with Gasteiger partial charge < -0.3 is 10.5 Å². The topological polar surface area (TPSA) is 94.6 Å². The first-order valence-corrected chi connectivity index (χ1v) is 4.52. The van der Waals surface area contributed by atoms with E-state index < -0.39 is 29.4 Å². The molecule has 1 aromatic rings. The molecular formula is C7H4Cl2FN3O3. The molecule has 0 radical (unpaired) electrons. The van der Waals surface area contributed by atoms with Crippen LogP contribution in [0, 0.1) is 10.9 Å². The van der Waals surface area contributed by atoms with E-state index >= 15 is 0 Å². The van der Waals surface area contributed by atoms with E-state index in [0.717, 1.165) is 0 Å². The maximum atomic E-state index is 13.0. The van der Waals surface area contributed by atoms with Gasteiger partial charge in [-0.1, -0.05) is 23.2 Å². The third kappa shape index (κ3) is 2.56. The number of hydrogen-bond acceptors (Lipinski definition) is 5. The number of carbonyl (C=O) groups is 1. The molecule has 0 aliphatic rings. The Bertz CT molecular complexity index is 455. The lowest BCUT2D eigenvalue weighted by atomic mass is 10.4. The van der Waals surface area contributed by atoms with Crippen molar-refractivity contribution in [2.45, 2.75) is 0 Å². The number of pyridine rings is 1. The second-order valence-corrected chi connectivity index (χ2v) is 3.28. The highest BCUT2D eigenvalue weighted by atomic mass is 35.5. The van der Waals surface area contributed by atoms with Crippen molar-refractivity contribution in [3.8, 4) is 5.88 Å². The van der Waals surface area contributed by atoms with E-state index in [-0.39, 0.29) is 10.7 Å². The minimum atomic E-state index is -1.09. The van der Waals surface area contributed by atoms with E-state index in [2.05, 4.69) is 14.9 Å². The summed E-state index contributed by atoms with van der Waals surface area (Å²) in [7, 11) is 0. The number of nitrogens with zero attached hydrogens (tertiary/aromatic N) is 2. The van der Waals surface area contributed by atoms with E-state index in [1.807, 2.05) is 0 Å². The highest BCUT2D eigenvalue weighted by molar-refractivity contribution is 6.39. The predicted molar refractivity (Wildman–Crippen MR) is 54.9 cm³/mol. The Morgan fingerprint density at radius 3 is 2.69 bits per heavy atom.